The number of amides is 1. The van der Waals surface area contributed by atoms with Crippen LogP contribution in [0.2, 0.25) is 0 Å². The molecule has 0 aromatic heterocycles. The highest BCUT2D eigenvalue weighted by Crippen LogP contribution is 2.43. The highest BCUT2D eigenvalue weighted by molar-refractivity contribution is 14.1. The van der Waals surface area contributed by atoms with Crippen LogP contribution in [0.5, 0.6) is 5.75 Å². The van der Waals surface area contributed by atoms with Gasteiger partial charge in [-0.05, 0) is 59.7 Å². The molecule has 1 aliphatic carbocycles. The Balaban J connectivity index is 1.57. The smallest absolute Gasteiger partial charge is 0.233 e. The van der Waals surface area contributed by atoms with E-state index < -0.39 is 19.5 Å². The highest BCUT2D eigenvalue weighted by Gasteiger charge is 2.45. The first-order valence-corrected chi connectivity index (χ1v) is 13.4. The number of nitrogens with zero attached hydrogens (tertiary/aromatic N) is 2. The minimum Gasteiger partial charge on any atom is -0.508 e. The van der Waals surface area contributed by atoms with Crippen LogP contribution in [-0.2, 0) is 27.8 Å². The monoisotopic (exact) mass is 570 g/mol. The Bertz CT molecular complexity index is 1100. The zero-order chi connectivity index (χ0) is 22.9. The van der Waals surface area contributed by atoms with Gasteiger partial charge >= 0.3 is 0 Å². The van der Waals surface area contributed by atoms with Crippen molar-refractivity contribution in [3.63, 3.8) is 0 Å². The number of hydrogen-bond donors (Lipinski definition) is 2. The van der Waals surface area contributed by atoms with E-state index in [0.29, 0.717) is 24.4 Å². The number of benzene rings is 2. The molecule has 1 atom stereocenters. The number of hydrogen-bond acceptors (Lipinski definition) is 5. The fourth-order valence-electron chi connectivity index (χ4n) is 4.77. The van der Waals surface area contributed by atoms with E-state index in [0.717, 1.165) is 47.9 Å². The maximum Gasteiger partial charge on any atom is 0.233 e. The molecule has 2 aromatic carbocycles. The predicted molar refractivity (Wildman–Crippen MR) is 130 cm³/mol. The predicted octanol–water partition coefficient (Wildman–Crippen LogP) is 3.71. The molecule has 9 heteroatoms. The lowest BCUT2D eigenvalue weighted by molar-refractivity contribution is -0.160. The van der Waals surface area contributed by atoms with Crippen LogP contribution in [-0.4, -0.2) is 56.3 Å². The lowest BCUT2D eigenvalue weighted by Gasteiger charge is -2.37. The zero-order valence-corrected chi connectivity index (χ0v) is 20.6. The topological polar surface area (TPSA) is 98.2 Å². The summed E-state index contributed by atoms with van der Waals surface area (Å²) in [5.74, 6) is -0.119. The number of fused-ring (bicyclic) bond motifs is 1. The zero-order valence-electron chi connectivity index (χ0n) is 17.7. The second-order valence-electron chi connectivity index (χ2n) is 8.64. The normalized spacial score (nSPS) is 19.3. The van der Waals surface area contributed by atoms with Gasteiger partial charge in [-0.1, -0.05) is 59.7 Å². The minimum absolute atomic E-state index is 0.179. The molecule has 0 radical (unpaired) electrons. The van der Waals surface area contributed by atoms with E-state index >= 15 is 0 Å². The Morgan fingerprint density at radius 3 is 2.53 bits per heavy atom. The Labute approximate surface area is 202 Å². The van der Waals surface area contributed by atoms with Gasteiger partial charge in [0.25, 0.3) is 0 Å². The first-order valence-electron chi connectivity index (χ1n) is 10.7. The number of aromatic hydroxyl groups is 1. The third-order valence-corrected chi connectivity index (χ3v) is 10.2. The van der Waals surface area contributed by atoms with Crippen molar-refractivity contribution >= 4 is 39.0 Å². The summed E-state index contributed by atoms with van der Waals surface area (Å²) in [6.07, 6.45) is 4.38. The molecule has 1 fully saturated rings. The second kappa shape index (κ2) is 9.28. The third-order valence-electron chi connectivity index (χ3n) is 6.58. The Kier molecular flexibility index (Phi) is 6.81. The average molecular weight is 570 g/mol. The Morgan fingerprint density at radius 1 is 1.12 bits per heavy atom. The van der Waals surface area contributed by atoms with Gasteiger partial charge in [-0.15, -0.1) is 0 Å². The number of rotatable bonds is 7. The summed E-state index contributed by atoms with van der Waals surface area (Å²) < 4.78 is 27.7. The molecule has 7 nitrogen and oxygen atoms in total. The maximum atomic E-state index is 13.4. The lowest BCUT2D eigenvalue weighted by atomic mass is 9.95. The highest BCUT2D eigenvalue weighted by atomic mass is 127. The molecule has 1 heterocycles. The van der Waals surface area contributed by atoms with Gasteiger partial charge in [0.2, 0.25) is 16.4 Å². The SMILES string of the molecule is O=CN(O)C(CS(=O)(=O)N1CCc2ccc(-c3cccc(O)c3)cc2C1)C1(I)CCCC1. The van der Waals surface area contributed by atoms with Crippen molar-refractivity contribution in [2.75, 3.05) is 12.3 Å². The Morgan fingerprint density at radius 2 is 1.84 bits per heavy atom. The van der Waals surface area contributed by atoms with Gasteiger partial charge in [0.15, 0.2) is 0 Å². The largest absolute Gasteiger partial charge is 0.508 e. The molecule has 1 aliphatic heterocycles. The van der Waals surface area contributed by atoms with Crippen LogP contribution in [0.15, 0.2) is 42.5 Å². The van der Waals surface area contributed by atoms with Gasteiger partial charge in [0.05, 0.1) is 11.8 Å². The van der Waals surface area contributed by atoms with Crippen LogP contribution >= 0.6 is 22.6 Å². The molecule has 2 aliphatic rings. The third kappa shape index (κ3) is 4.80. The molecule has 2 N–H and O–H groups in total. The molecule has 32 heavy (non-hydrogen) atoms. The van der Waals surface area contributed by atoms with E-state index in [4.69, 9.17) is 0 Å². The van der Waals surface area contributed by atoms with Gasteiger partial charge in [-0.25, -0.2) is 13.5 Å². The molecular formula is C23H27IN2O5S. The summed E-state index contributed by atoms with van der Waals surface area (Å²) in [4.78, 5) is 11.3. The standard InChI is InChI=1S/C23H27IN2O5S/c24-23(9-1-2-10-23)22(26(29)16-27)15-32(30,31)25-11-8-17-6-7-19(12-20(17)14-25)18-4-3-5-21(28)13-18/h3-7,12-13,16,22,28-29H,1-2,8-11,14-15H2. The molecule has 0 saturated heterocycles. The van der Waals surface area contributed by atoms with Gasteiger partial charge in [-0.2, -0.15) is 4.31 Å². The van der Waals surface area contributed by atoms with E-state index in [1.807, 2.05) is 24.3 Å². The van der Waals surface area contributed by atoms with E-state index in [2.05, 4.69) is 22.6 Å². The van der Waals surface area contributed by atoms with Crippen LogP contribution in [0.4, 0.5) is 0 Å². The summed E-state index contributed by atoms with van der Waals surface area (Å²) in [5, 5.41) is 20.5. The molecule has 2 aromatic rings. The van der Waals surface area contributed by atoms with Gasteiger partial charge in [-0.3, -0.25) is 10.0 Å². The molecule has 4 rings (SSSR count). The van der Waals surface area contributed by atoms with E-state index in [-0.39, 0.29) is 18.0 Å². The van der Waals surface area contributed by atoms with E-state index in [9.17, 15) is 23.5 Å². The quantitative estimate of drug-likeness (QED) is 0.174. The number of hydroxylamine groups is 2. The number of alkyl halides is 1. The maximum absolute atomic E-state index is 13.4. The molecule has 0 bridgehead atoms. The van der Waals surface area contributed by atoms with Crippen molar-refractivity contribution in [1.82, 2.24) is 9.37 Å². The fourth-order valence-corrected chi connectivity index (χ4v) is 8.12. The summed E-state index contributed by atoms with van der Waals surface area (Å²) >= 11 is 2.23. The number of carbonyl (C=O) groups excluding carboxylic acids is 1. The van der Waals surface area contributed by atoms with Crippen molar-refractivity contribution in [3.8, 4) is 16.9 Å². The molecule has 1 unspecified atom stereocenters. The van der Waals surface area contributed by atoms with Crippen LogP contribution in [0, 0.1) is 0 Å². The number of halogens is 1. The fraction of sp³-hybridized carbons (Fsp3) is 0.435. The number of carbonyl (C=O) groups is 1. The summed E-state index contributed by atoms with van der Waals surface area (Å²) in [7, 11) is -3.71. The molecule has 1 amide bonds. The number of sulfonamides is 1. The van der Waals surface area contributed by atoms with E-state index in [1.54, 1.807) is 18.2 Å². The molecule has 1 saturated carbocycles. The number of phenolic OH excluding ortho intramolecular Hbond substituents is 1. The average Bonchev–Trinajstić information content (AvgIpc) is 3.23. The van der Waals surface area contributed by atoms with Crippen molar-refractivity contribution in [2.24, 2.45) is 0 Å². The summed E-state index contributed by atoms with van der Waals surface area (Å²) in [6.45, 7) is 0.617. The van der Waals surface area contributed by atoms with Crippen molar-refractivity contribution in [2.45, 2.75) is 48.1 Å². The van der Waals surface area contributed by atoms with Crippen molar-refractivity contribution in [1.29, 1.82) is 0 Å². The first kappa shape index (κ1) is 23.5. The summed E-state index contributed by atoms with van der Waals surface area (Å²) in [6, 6.07) is 12.2. The first-order chi connectivity index (χ1) is 15.2. The van der Waals surface area contributed by atoms with Crippen molar-refractivity contribution in [3.05, 3.63) is 53.6 Å². The van der Waals surface area contributed by atoms with Crippen LogP contribution in [0.3, 0.4) is 0 Å². The van der Waals surface area contributed by atoms with Crippen LogP contribution in [0.25, 0.3) is 11.1 Å². The van der Waals surface area contributed by atoms with Crippen LogP contribution in [0.1, 0.15) is 36.8 Å². The second-order valence-corrected chi connectivity index (χ2v) is 12.8. The van der Waals surface area contributed by atoms with Gasteiger partial charge < -0.3 is 5.11 Å². The van der Waals surface area contributed by atoms with Gasteiger partial charge in [0.1, 0.15) is 5.75 Å². The summed E-state index contributed by atoms with van der Waals surface area (Å²) in [5.41, 5.74) is 3.81. The minimum atomic E-state index is -3.71. The van der Waals surface area contributed by atoms with Gasteiger partial charge in [0, 0.05) is 16.5 Å². The van der Waals surface area contributed by atoms with Crippen LogP contribution < -0.4 is 0 Å². The lowest BCUT2D eigenvalue weighted by Crippen LogP contribution is -2.52. The van der Waals surface area contributed by atoms with E-state index in [1.165, 1.54) is 4.31 Å². The van der Waals surface area contributed by atoms with Crippen molar-refractivity contribution < 1.29 is 23.5 Å². The molecule has 172 valence electrons. The Hall–Kier alpha value is -1.69. The number of phenols is 1. The molecular weight excluding hydrogens is 543 g/mol. The molecule has 0 spiro atoms.